The molecule has 1 amide bonds. The van der Waals surface area contributed by atoms with Gasteiger partial charge in [-0.15, -0.1) is 0 Å². The van der Waals surface area contributed by atoms with Gasteiger partial charge in [-0.3, -0.25) is 9.59 Å². The molecule has 2 aromatic carbocycles. The summed E-state index contributed by atoms with van der Waals surface area (Å²) in [5, 5.41) is 3.47. The number of esters is 1. The molecule has 2 aliphatic rings. The first-order valence-electron chi connectivity index (χ1n) is 11.0. The second kappa shape index (κ2) is 9.61. The van der Waals surface area contributed by atoms with Crippen molar-refractivity contribution >= 4 is 17.6 Å². The Bertz CT molecular complexity index is 969. The highest BCUT2D eigenvalue weighted by molar-refractivity contribution is 6.00. The van der Waals surface area contributed by atoms with Crippen LogP contribution in [0.4, 0.5) is 5.69 Å². The summed E-state index contributed by atoms with van der Waals surface area (Å²) in [6.45, 7) is 2.83. The van der Waals surface area contributed by atoms with Gasteiger partial charge in [0.15, 0.2) is 6.10 Å². The normalized spacial score (nSPS) is 22.8. The molecule has 0 spiro atoms. The maximum atomic E-state index is 13.9. The van der Waals surface area contributed by atoms with Crippen LogP contribution < -0.4 is 19.7 Å². The van der Waals surface area contributed by atoms with E-state index in [1.165, 1.54) is 6.92 Å². The fourth-order valence-corrected chi connectivity index (χ4v) is 4.68. The Morgan fingerprint density at radius 1 is 1.09 bits per heavy atom. The van der Waals surface area contributed by atoms with E-state index in [-0.39, 0.29) is 17.9 Å². The number of carbonyl (C=O) groups excluding carboxylic acids is 2. The summed E-state index contributed by atoms with van der Waals surface area (Å²) in [7, 11) is 3.25. The second-order valence-corrected chi connectivity index (χ2v) is 8.35. The van der Waals surface area contributed by atoms with Gasteiger partial charge in [-0.1, -0.05) is 12.1 Å². The highest BCUT2D eigenvalue weighted by Crippen LogP contribution is 2.38. The molecule has 0 aliphatic carbocycles. The number of methoxy groups -OCH3 is 2. The molecule has 0 unspecified atom stereocenters. The van der Waals surface area contributed by atoms with E-state index in [2.05, 4.69) is 5.32 Å². The minimum atomic E-state index is -0.916. The Balaban J connectivity index is 1.79. The van der Waals surface area contributed by atoms with E-state index in [0.717, 1.165) is 47.7 Å². The van der Waals surface area contributed by atoms with Gasteiger partial charge in [0.25, 0.3) is 5.91 Å². The van der Waals surface area contributed by atoms with Gasteiger partial charge in [-0.25, -0.2) is 0 Å². The molecular formula is C25H30N2O5. The molecule has 2 heterocycles. The second-order valence-electron chi connectivity index (χ2n) is 8.35. The summed E-state index contributed by atoms with van der Waals surface area (Å²) >= 11 is 0. The molecule has 170 valence electrons. The summed E-state index contributed by atoms with van der Waals surface area (Å²) in [6.07, 6.45) is 1.72. The van der Waals surface area contributed by atoms with Crippen LogP contribution in [0.3, 0.4) is 0 Å². The number of carbonyl (C=O) groups is 2. The van der Waals surface area contributed by atoms with Crippen LogP contribution in [0.25, 0.3) is 0 Å². The quantitative estimate of drug-likeness (QED) is 0.699. The fourth-order valence-electron chi connectivity index (χ4n) is 4.68. The summed E-state index contributed by atoms with van der Waals surface area (Å²) in [4.78, 5) is 27.7. The SMILES string of the molecule is COc1ccc([C@@H]2Cc3cc(OC)ccc3N(C[C@@H]3CCCN3)C(=O)[C@@H]2OC(C)=O)cc1. The Morgan fingerprint density at radius 2 is 1.81 bits per heavy atom. The van der Waals surface area contributed by atoms with Crippen molar-refractivity contribution in [2.45, 2.75) is 44.2 Å². The lowest BCUT2D eigenvalue weighted by atomic mass is 9.87. The van der Waals surface area contributed by atoms with E-state index in [4.69, 9.17) is 14.2 Å². The fraction of sp³-hybridized carbons (Fsp3) is 0.440. The molecular weight excluding hydrogens is 408 g/mol. The summed E-state index contributed by atoms with van der Waals surface area (Å²) in [5.74, 6) is 0.468. The number of ether oxygens (including phenoxy) is 3. The molecule has 2 aliphatic heterocycles. The third kappa shape index (κ3) is 4.58. The van der Waals surface area contributed by atoms with Crippen LogP contribution in [0.1, 0.15) is 36.8 Å². The van der Waals surface area contributed by atoms with Gasteiger partial charge < -0.3 is 24.4 Å². The van der Waals surface area contributed by atoms with Gasteiger partial charge in [0.05, 0.1) is 14.2 Å². The van der Waals surface area contributed by atoms with Crippen LogP contribution in [0.2, 0.25) is 0 Å². The van der Waals surface area contributed by atoms with Gasteiger partial charge in [0.2, 0.25) is 0 Å². The van der Waals surface area contributed by atoms with Crippen molar-refractivity contribution in [3.05, 3.63) is 53.6 Å². The van der Waals surface area contributed by atoms with Gasteiger partial charge in [-0.05, 0) is 67.3 Å². The first-order valence-corrected chi connectivity index (χ1v) is 11.0. The smallest absolute Gasteiger partial charge is 0.303 e. The van der Waals surface area contributed by atoms with E-state index >= 15 is 0 Å². The number of fused-ring (bicyclic) bond motifs is 1. The van der Waals surface area contributed by atoms with Gasteiger partial charge in [0, 0.05) is 31.1 Å². The highest BCUT2D eigenvalue weighted by Gasteiger charge is 2.41. The molecule has 1 fully saturated rings. The van der Waals surface area contributed by atoms with Crippen molar-refractivity contribution in [1.82, 2.24) is 5.32 Å². The van der Waals surface area contributed by atoms with Crippen molar-refractivity contribution < 1.29 is 23.8 Å². The number of amides is 1. The van der Waals surface area contributed by atoms with Gasteiger partial charge in [-0.2, -0.15) is 0 Å². The molecule has 3 atom stereocenters. The van der Waals surface area contributed by atoms with Crippen molar-refractivity contribution in [2.75, 3.05) is 32.2 Å². The lowest BCUT2D eigenvalue weighted by Gasteiger charge is -2.30. The Morgan fingerprint density at radius 3 is 2.44 bits per heavy atom. The van der Waals surface area contributed by atoms with E-state index in [0.29, 0.717) is 13.0 Å². The van der Waals surface area contributed by atoms with Crippen LogP contribution in [-0.2, 0) is 20.7 Å². The van der Waals surface area contributed by atoms with Crippen molar-refractivity contribution in [2.24, 2.45) is 0 Å². The van der Waals surface area contributed by atoms with E-state index < -0.39 is 12.1 Å². The minimum absolute atomic E-state index is 0.196. The molecule has 7 nitrogen and oxygen atoms in total. The zero-order chi connectivity index (χ0) is 22.7. The number of rotatable bonds is 6. The third-order valence-corrected chi connectivity index (χ3v) is 6.29. The Hall–Kier alpha value is -3.06. The number of nitrogens with zero attached hydrogens (tertiary/aromatic N) is 1. The van der Waals surface area contributed by atoms with Crippen molar-refractivity contribution in [3.63, 3.8) is 0 Å². The van der Waals surface area contributed by atoms with Gasteiger partial charge >= 0.3 is 5.97 Å². The molecule has 7 heteroatoms. The summed E-state index contributed by atoms with van der Waals surface area (Å²) < 4.78 is 16.4. The van der Waals surface area contributed by atoms with Crippen molar-refractivity contribution in [1.29, 1.82) is 0 Å². The zero-order valence-electron chi connectivity index (χ0n) is 18.8. The Kier molecular flexibility index (Phi) is 6.65. The van der Waals surface area contributed by atoms with Gasteiger partial charge in [0.1, 0.15) is 11.5 Å². The minimum Gasteiger partial charge on any atom is -0.497 e. The predicted molar refractivity (Wildman–Crippen MR) is 121 cm³/mol. The maximum Gasteiger partial charge on any atom is 0.303 e. The van der Waals surface area contributed by atoms with Crippen molar-refractivity contribution in [3.8, 4) is 11.5 Å². The van der Waals surface area contributed by atoms with Crippen LogP contribution in [0, 0.1) is 0 Å². The number of hydrogen-bond acceptors (Lipinski definition) is 6. The topological polar surface area (TPSA) is 77.1 Å². The monoisotopic (exact) mass is 438 g/mol. The third-order valence-electron chi connectivity index (χ3n) is 6.29. The lowest BCUT2D eigenvalue weighted by molar-refractivity contribution is -0.154. The van der Waals surface area contributed by atoms with E-state index in [1.54, 1.807) is 19.1 Å². The summed E-state index contributed by atoms with van der Waals surface area (Å²) in [5.41, 5.74) is 2.75. The highest BCUT2D eigenvalue weighted by atomic mass is 16.5. The molecule has 32 heavy (non-hydrogen) atoms. The standard InChI is InChI=1S/C25H30N2O5/c1-16(28)32-24-22(17-6-8-20(30-2)9-7-17)14-18-13-21(31-3)10-11-23(18)27(25(24)29)15-19-5-4-12-26-19/h6-11,13,19,22,24,26H,4-5,12,14-15H2,1-3H3/t19-,22-,24+/m0/s1. The molecule has 0 aromatic heterocycles. The molecule has 0 saturated carbocycles. The van der Waals surface area contributed by atoms with E-state index in [9.17, 15) is 9.59 Å². The number of hydrogen-bond donors (Lipinski definition) is 1. The largest absolute Gasteiger partial charge is 0.497 e. The van der Waals surface area contributed by atoms with Crippen LogP contribution in [0.5, 0.6) is 11.5 Å². The lowest BCUT2D eigenvalue weighted by Crippen LogP contribution is -2.47. The maximum absolute atomic E-state index is 13.9. The first kappa shape index (κ1) is 22.1. The average molecular weight is 439 g/mol. The predicted octanol–water partition coefficient (Wildman–Crippen LogP) is 3.06. The molecule has 4 rings (SSSR count). The Labute approximate surface area is 188 Å². The number of anilines is 1. The molecule has 1 N–H and O–H groups in total. The average Bonchev–Trinajstić information content (AvgIpc) is 3.29. The molecule has 1 saturated heterocycles. The number of nitrogens with one attached hydrogen (secondary N) is 1. The molecule has 0 radical (unpaired) electrons. The summed E-state index contributed by atoms with van der Waals surface area (Å²) in [6, 6.07) is 13.6. The van der Waals surface area contributed by atoms with Crippen LogP contribution >= 0.6 is 0 Å². The molecule has 2 aromatic rings. The van der Waals surface area contributed by atoms with Crippen LogP contribution in [-0.4, -0.2) is 51.3 Å². The number of benzene rings is 2. The van der Waals surface area contributed by atoms with Crippen LogP contribution in [0.15, 0.2) is 42.5 Å². The first-order chi connectivity index (χ1) is 15.5. The molecule has 0 bridgehead atoms. The van der Waals surface area contributed by atoms with E-state index in [1.807, 2.05) is 42.5 Å². The zero-order valence-corrected chi connectivity index (χ0v) is 18.8.